The van der Waals surface area contributed by atoms with Crippen LogP contribution in [-0.4, -0.2) is 17.8 Å². The third-order valence-corrected chi connectivity index (χ3v) is 6.46. The number of barbiturate groups is 1. The standard InChI is InChI=1S/C31H23ClN2O4/c32-28-9-5-4-8-24(28)18-21-10-12-22(13-11-21)19-27-29(35)33-31(37)34(30(27)36)25-14-16-26(17-15-25)38-20-23-6-2-1-3-7-23/h1-17,19H,18,20H2,(H,33,35,37)/b27-19+. The SMILES string of the molecule is O=C1NC(=O)N(c2ccc(OCc3ccccc3)cc2)C(=O)/C1=C/c1ccc(Cc2ccccc2Cl)cc1. The van der Waals surface area contributed by atoms with E-state index in [0.717, 1.165) is 21.6 Å². The van der Waals surface area contributed by atoms with Crippen LogP contribution in [0.4, 0.5) is 10.5 Å². The van der Waals surface area contributed by atoms with Crippen molar-refractivity contribution < 1.29 is 19.1 Å². The maximum Gasteiger partial charge on any atom is 0.335 e. The number of rotatable bonds is 7. The molecular weight excluding hydrogens is 500 g/mol. The van der Waals surface area contributed by atoms with Crippen LogP contribution in [0.2, 0.25) is 5.02 Å². The molecule has 4 aromatic rings. The molecule has 4 amide bonds. The van der Waals surface area contributed by atoms with Crippen LogP contribution in [0.25, 0.3) is 6.08 Å². The number of carbonyl (C=O) groups is 3. The Morgan fingerprint density at radius 2 is 1.45 bits per heavy atom. The van der Waals surface area contributed by atoms with Crippen LogP contribution < -0.4 is 15.0 Å². The summed E-state index contributed by atoms with van der Waals surface area (Å²) in [5.41, 5.74) is 3.91. The van der Waals surface area contributed by atoms with Crippen molar-refractivity contribution in [2.24, 2.45) is 0 Å². The second-order valence-corrected chi connectivity index (χ2v) is 9.14. The van der Waals surface area contributed by atoms with E-state index >= 15 is 0 Å². The minimum atomic E-state index is -0.801. The first-order valence-electron chi connectivity index (χ1n) is 12.0. The summed E-state index contributed by atoms with van der Waals surface area (Å²) in [7, 11) is 0. The molecule has 0 spiro atoms. The Hall–Kier alpha value is -4.68. The molecule has 1 heterocycles. The minimum Gasteiger partial charge on any atom is -0.489 e. The van der Waals surface area contributed by atoms with Crippen LogP contribution in [0, 0.1) is 0 Å². The molecule has 1 aliphatic heterocycles. The van der Waals surface area contributed by atoms with Crippen LogP contribution >= 0.6 is 11.6 Å². The topological polar surface area (TPSA) is 75.7 Å². The van der Waals surface area contributed by atoms with Crippen molar-refractivity contribution in [2.75, 3.05) is 4.90 Å². The van der Waals surface area contributed by atoms with Gasteiger partial charge >= 0.3 is 6.03 Å². The van der Waals surface area contributed by atoms with Gasteiger partial charge in [-0.15, -0.1) is 0 Å². The molecule has 6 nitrogen and oxygen atoms in total. The highest BCUT2D eigenvalue weighted by molar-refractivity contribution is 6.39. The van der Waals surface area contributed by atoms with Crippen molar-refractivity contribution in [3.63, 3.8) is 0 Å². The summed E-state index contributed by atoms with van der Waals surface area (Å²) in [5, 5.41) is 2.95. The van der Waals surface area contributed by atoms with E-state index in [-0.39, 0.29) is 5.57 Å². The molecule has 4 aromatic carbocycles. The Morgan fingerprint density at radius 3 is 2.16 bits per heavy atom. The molecule has 7 heteroatoms. The number of hydrogen-bond acceptors (Lipinski definition) is 4. The van der Waals surface area contributed by atoms with Gasteiger partial charge in [0.05, 0.1) is 5.69 Å². The van der Waals surface area contributed by atoms with Crippen LogP contribution in [0.5, 0.6) is 5.75 Å². The summed E-state index contributed by atoms with van der Waals surface area (Å²) in [6.07, 6.45) is 2.14. The summed E-state index contributed by atoms with van der Waals surface area (Å²) in [6, 6.07) is 30.6. The molecule has 0 aliphatic carbocycles. The van der Waals surface area contributed by atoms with Gasteiger partial charge in [-0.05, 0) is 65.1 Å². The van der Waals surface area contributed by atoms with Gasteiger partial charge in [-0.25, -0.2) is 9.69 Å². The highest BCUT2D eigenvalue weighted by atomic mass is 35.5. The van der Waals surface area contributed by atoms with Gasteiger partial charge in [-0.2, -0.15) is 0 Å². The summed E-state index contributed by atoms with van der Waals surface area (Å²) in [4.78, 5) is 39.3. The third-order valence-electron chi connectivity index (χ3n) is 6.09. The van der Waals surface area contributed by atoms with Gasteiger partial charge in [0.2, 0.25) is 0 Å². The molecule has 0 radical (unpaired) electrons. The number of halogens is 1. The minimum absolute atomic E-state index is 0.132. The predicted octanol–water partition coefficient (Wildman–Crippen LogP) is 6.18. The lowest BCUT2D eigenvalue weighted by Crippen LogP contribution is -2.54. The van der Waals surface area contributed by atoms with Crippen LogP contribution in [0.3, 0.4) is 0 Å². The number of benzene rings is 4. The molecule has 1 fully saturated rings. The largest absolute Gasteiger partial charge is 0.489 e. The van der Waals surface area contributed by atoms with Crippen molar-refractivity contribution in [3.05, 3.63) is 136 Å². The van der Waals surface area contributed by atoms with Crippen LogP contribution in [0.1, 0.15) is 22.3 Å². The van der Waals surface area contributed by atoms with Gasteiger partial charge in [0.1, 0.15) is 17.9 Å². The first-order valence-corrected chi connectivity index (χ1v) is 12.4. The maximum atomic E-state index is 13.2. The van der Waals surface area contributed by atoms with E-state index in [1.165, 1.54) is 6.08 Å². The molecule has 0 atom stereocenters. The van der Waals surface area contributed by atoms with E-state index in [4.69, 9.17) is 16.3 Å². The average Bonchev–Trinajstić information content (AvgIpc) is 2.93. The molecular formula is C31H23ClN2O4. The van der Waals surface area contributed by atoms with Gasteiger partial charge in [-0.1, -0.05) is 84.4 Å². The van der Waals surface area contributed by atoms with Gasteiger partial charge in [-0.3, -0.25) is 14.9 Å². The lowest BCUT2D eigenvalue weighted by Gasteiger charge is -2.26. The van der Waals surface area contributed by atoms with E-state index in [9.17, 15) is 14.4 Å². The van der Waals surface area contributed by atoms with Crippen molar-refractivity contribution in [1.82, 2.24) is 5.32 Å². The predicted molar refractivity (Wildman–Crippen MR) is 147 cm³/mol. The highest BCUT2D eigenvalue weighted by Gasteiger charge is 2.36. The molecule has 1 aliphatic rings. The number of carbonyl (C=O) groups excluding carboxylic acids is 3. The zero-order valence-electron chi connectivity index (χ0n) is 20.3. The molecule has 0 unspecified atom stereocenters. The normalized spacial score (nSPS) is 14.5. The van der Waals surface area contributed by atoms with E-state index in [1.54, 1.807) is 24.3 Å². The Bertz CT molecular complexity index is 1510. The van der Waals surface area contributed by atoms with E-state index in [1.807, 2.05) is 78.9 Å². The fourth-order valence-corrected chi connectivity index (χ4v) is 4.29. The lowest BCUT2D eigenvalue weighted by molar-refractivity contribution is -0.122. The number of anilines is 1. The first-order chi connectivity index (χ1) is 18.5. The summed E-state index contributed by atoms with van der Waals surface area (Å²) in [6.45, 7) is 0.391. The molecule has 38 heavy (non-hydrogen) atoms. The number of ether oxygens (including phenoxy) is 1. The second kappa shape index (κ2) is 11.2. The van der Waals surface area contributed by atoms with Gasteiger partial charge in [0.15, 0.2) is 0 Å². The number of hydrogen-bond donors (Lipinski definition) is 1. The second-order valence-electron chi connectivity index (χ2n) is 8.74. The van der Waals surface area contributed by atoms with E-state index in [2.05, 4.69) is 5.32 Å². The fourth-order valence-electron chi connectivity index (χ4n) is 4.08. The Morgan fingerprint density at radius 1 is 0.763 bits per heavy atom. The van der Waals surface area contributed by atoms with E-state index in [0.29, 0.717) is 35.1 Å². The zero-order valence-corrected chi connectivity index (χ0v) is 21.0. The summed E-state index contributed by atoms with van der Waals surface area (Å²) >= 11 is 6.26. The highest BCUT2D eigenvalue weighted by Crippen LogP contribution is 2.25. The number of imide groups is 2. The van der Waals surface area contributed by atoms with Crippen molar-refractivity contribution in [2.45, 2.75) is 13.0 Å². The quantitative estimate of drug-likeness (QED) is 0.232. The molecule has 188 valence electrons. The Balaban J connectivity index is 1.30. The van der Waals surface area contributed by atoms with Crippen LogP contribution in [0.15, 0.2) is 109 Å². The average molecular weight is 523 g/mol. The molecule has 0 aromatic heterocycles. The van der Waals surface area contributed by atoms with Crippen molar-refractivity contribution >= 4 is 41.2 Å². The third kappa shape index (κ3) is 5.66. The summed E-state index contributed by atoms with van der Waals surface area (Å²) in [5.74, 6) is -0.845. The molecule has 1 saturated heterocycles. The van der Waals surface area contributed by atoms with Crippen molar-refractivity contribution in [1.29, 1.82) is 0 Å². The lowest BCUT2D eigenvalue weighted by atomic mass is 10.0. The molecule has 1 N–H and O–H groups in total. The molecule has 5 rings (SSSR count). The number of nitrogens with one attached hydrogen (secondary N) is 1. The Kier molecular flexibility index (Phi) is 7.33. The van der Waals surface area contributed by atoms with Gasteiger partial charge in [0.25, 0.3) is 11.8 Å². The number of nitrogens with zero attached hydrogens (tertiary/aromatic N) is 1. The first kappa shape index (κ1) is 25.0. The molecule has 0 bridgehead atoms. The number of amides is 4. The smallest absolute Gasteiger partial charge is 0.335 e. The summed E-state index contributed by atoms with van der Waals surface area (Å²) < 4.78 is 5.78. The Labute approximate surface area is 225 Å². The number of urea groups is 1. The zero-order chi connectivity index (χ0) is 26.5. The van der Waals surface area contributed by atoms with Gasteiger partial charge < -0.3 is 4.74 Å². The van der Waals surface area contributed by atoms with E-state index < -0.39 is 17.8 Å². The van der Waals surface area contributed by atoms with Gasteiger partial charge in [0, 0.05) is 5.02 Å². The monoisotopic (exact) mass is 522 g/mol. The molecule has 0 saturated carbocycles. The fraction of sp³-hybridized carbons (Fsp3) is 0.0645. The van der Waals surface area contributed by atoms with Crippen molar-refractivity contribution in [3.8, 4) is 5.75 Å². The maximum absolute atomic E-state index is 13.2. The van der Waals surface area contributed by atoms with Crippen LogP contribution in [-0.2, 0) is 22.6 Å².